The normalized spacial score (nSPS) is 10.8. The van der Waals surface area contributed by atoms with Gasteiger partial charge in [-0.15, -0.1) is 5.10 Å². The Bertz CT molecular complexity index is 724. The fourth-order valence-corrected chi connectivity index (χ4v) is 2.38. The first kappa shape index (κ1) is 12.4. The Hall–Kier alpha value is -1.64. The zero-order valence-corrected chi connectivity index (χ0v) is 11.5. The van der Waals surface area contributed by atoms with E-state index in [0.717, 1.165) is 27.1 Å². The first-order valence-corrected chi connectivity index (χ1v) is 6.64. The molecule has 94 valence electrons. The highest BCUT2D eigenvalue weighted by Crippen LogP contribution is 2.24. The molecule has 3 rings (SSSR count). The number of nitrogens with zero attached hydrogens (tertiary/aromatic N) is 2. The predicted octanol–water partition coefficient (Wildman–Crippen LogP) is 4.53. The SMILES string of the molecule is Clc1ccc(Cc2nnc(Cl)c3ccccc23)cc1. The lowest BCUT2D eigenvalue weighted by Crippen LogP contribution is -1.97. The Morgan fingerprint density at radius 1 is 0.789 bits per heavy atom. The van der Waals surface area contributed by atoms with E-state index in [4.69, 9.17) is 23.2 Å². The van der Waals surface area contributed by atoms with Gasteiger partial charge >= 0.3 is 0 Å². The van der Waals surface area contributed by atoms with Crippen LogP contribution in [-0.4, -0.2) is 10.2 Å². The van der Waals surface area contributed by atoms with Crippen molar-refractivity contribution in [3.8, 4) is 0 Å². The lowest BCUT2D eigenvalue weighted by Gasteiger charge is -2.06. The Labute approximate surface area is 121 Å². The molecule has 4 heteroatoms. The largest absolute Gasteiger partial charge is 0.159 e. The molecule has 3 aromatic rings. The van der Waals surface area contributed by atoms with Gasteiger partial charge in [0.25, 0.3) is 0 Å². The third kappa shape index (κ3) is 2.55. The fourth-order valence-electron chi connectivity index (χ4n) is 2.05. The molecule has 0 amide bonds. The maximum absolute atomic E-state index is 6.06. The number of aromatic nitrogens is 2. The minimum Gasteiger partial charge on any atom is -0.153 e. The second-order valence-corrected chi connectivity index (χ2v) is 5.08. The minimum atomic E-state index is 0.440. The Morgan fingerprint density at radius 3 is 2.21 bits per heavy atom. The van der Waals surface area contributed by atoms with Crippen LogP contribution in [0.5, 0.6) is 0 Å². The van der Waals surface area contributed by atoms with Gasteiger partial charge in [-0.05, 0) is 17.7 Å². The molecule has 0 saturated heterocycles. The lowest BCUT2D eigenvalue weighted by molar-refractivity contribution is 0.959. The van der Waals surface area contributed by atoms with Crippen LogP contribution in [0.4, 0.5) is 0 Å². The number of rotatable bonds is 2. The second-order valence-electron chi connectivity index (χ2n) is 4.29. The monoisotopic (exact) mass is 288 g/mol. The van der Waals surface area contributed by atoms with E-state index in [1.54, 1.807) is 0 Å². The Balaban J connectivity index is 2.06. The average molecular weight is 289 g/mol. The fraction of sp³-hybridized carbons (Fsp3) is 0.0667. The molecule has 2 aromatic carbocycles. The number of hydrogen-bond acceptors (Lipinski definition) is 2. The van der Waals surface area contributed by atoms with Crippen molar-refractivity contribution in [2.45, 2.75) is 6.42 Å². The summed E-state index contributed by atoms with van der Waals surface area (Å²) in [5.74, 6) is 0. The van der Waals surface area contributed by atoms with Crippen LogP contribution in [0.25, 0.3) is 10.8 Å². The highest BCUT2D eigenvalue weighted by Gasteiger charge is 2.07. The molecular weight excluding hydrogens is 279 g/mol. The lowest BCUT2D eigenvalue weighted by atomic mass is 10.0. The van der Waals surface area contributed by atoms with Crippen LogP contribution in [0.15, 0.2) is 48.5 Å². The molecule has 19 heavy (non-hydrogen) atoms. The second kappa shape index (κ2) is 5.16. The van der Waals surface area contributed by atoms with Crippen molar-refractivity contribution in [1.29, 1.82) is 0 Å². The Kier molecular flexibility index (Phi) is 3.36. The molecule has 0 N–H and O–H groups in total. The van der Waals surface area contributed by atoms with E-state index in [1.165, 1.54) is 0 Å². The molecule has 0 aliphatic heterocycles. The summed E-state index contributed by atoms with van der Waals surface area (Å²) in [6.45, 7) is 0. The van der Waals surface area contributed by atoms with Crippen LogP contribution < -0.4 is 0 Å². The molecule has 1 aromatic heterocycles. The molecule has 0 spiro atoms. The first-order valence-electron chi connectivity index (χ1n) is 5.88. The molecule has 0 radical (unpaired) electrons. The molecular formula is C15H10Cl2N2. The van der Waals surface area contributed by atoms with Crippen molar-refractivity contribution in [1.82, 2.24) is 10.2 Å². The van der Waals surface area contributed by atoms with E-state index in [-0.39, 0.29) is 0 Å². The van der Waals surface area contributed by atoms with E-state index in [1.807, 2.05) is 48.5 Å². The van der Waals surface area contributed by atoms with E-state index in [9.17, 15) is 0 Å². The third-order valence-electron chi connectivity index (χ3n) is 3.00. The van der Waals surface area contributed by atoms with E-state index >= 15 is 0 Å². The maximum Gasteiger partial charge on any atom is 0.159 e. The van der Waals surface area contributed by atoms with Gasteiger partial charge in [-0.3, -0.25) is 0 Å². The van der Waals surface area contributed by atoms with Gasteiger partial charge in [0.1, 0.15) is 0 Å². The number of benzene rings is 2. The van der Waals surface area contributed by atoms with E-state index in [0.29, 0.717) is 11.6 Å². The van der Waals surface area contributed by atoms with E-state index in [2.05, 4.69) is 10.2 Å². The van der Waals surface area contributed by atoms with Crippen molar-refractivity contribution in [2.75, 3.05) is 0 Å². The van der Waals surface area contributed by atoms with Gasteiger partial charge in [-0.1, -0.05) is 59.6 Å². The van der Waals surface area contributed by atoms with Crippen molar-refractivity contribution >= 4 is 34.0 Å². The van der Waals surface area contributed by atoms with Crippen LogP contribution in [0.1, 0.15) is 11.3 Å². The van der Waals surface area contributed by atoms with Gasteiger partial charge in [-0.2, -0.15) is 5.10 Å². The average Bonchev–Trinajstić information content (AvgIpc) is 2.45. The number of halogens is 2. The van der Waals surface area contributed by atoms with Gasteiger partial charge in [0.05, 0.1) is 5.69 Å². The highest BCUT2D eigenvalue weighted by molar-refractivity contribution is 6.34. The summed E-state index contributed by atoms with van der Waals surface area (Å²) >= 11 is 11.9. The summed E-state index contributed by atoms with van der Waals surface area (Å²) in [7, 11) is 0. The number of fused-ring (bicyclic) bond motifs is 1. The van der Waals surface area contributed by atoms with E-state index < -0.39 is 0 Å². The maximum atomic E-state index is 6.06. The van der Waals surface area contributed by atoms with Crippen LogP contribution in [0.2, 0.25) is 10.2 Å². The molecule has 2 nitrogen and oxygen atoms in total. The van der Waals surface area contributed by atoms with Crippen LogP contribution in [0, 0.1) is 0 Å². The molecule has 0 bridgehead atoms. The molecule has 0 saturated carbocycles. The van der Waals surface area contributed by atoms with Crippen molar-refractivity contribution < 1.29 is 0 Å². The molecule has 0 aliphatic carbocycles. The van der Waals surface area contributed by atoms with Crippen molar-refractivity contribution in [3.63, 3.8) is 0 Å². The van der Waals surface area contributed by atoms with Crippen molar-refractivity contribution in [2.24, 2.45) is 0 Å². The van der Waals surface area contributed by atoms with Gasteiger partial charge in [-0.25, -0.2) is 0 Å². The van der Waals surface area contributed by atoms with Crippen LogP contribution in [-0.2, 0) is 6.42 Å². The summed E-state index contributed by atoms with van der Waals surface area (Å²) in [5.41, 5.74) is 2.06. The summed E-state index contributed by atoms with van der Waals surface area (Å²) in [5, 5.41) is 11.4. The quantitative estimate of drug-likeness (QED) is 0.692. The highest BCUT2D eigenvalue weighted by atomic mass is 35.5. The van der Waals surface area contributed by atoms with Gasteiger partial charge in [0.15, 0.2) is 5.15 Å². The molecule has 0 aliphatic rings. The molecule has 0 atom stereocenters. The smallest absolute Gasteiger partial charge is 0.153 e. The van der Waals surface area contributed by atoms with Gasteiger partial charge in [0, 0.05) is 22.2 Å². The Morgan fingerprint density at radius 2 is 1.47 bits per heavy atom. The minimum absolute atomic E-state index is 0.440. The summed E-state index contributed by atoms with van der Waals surface area (Å²) in [6.07, 6.45) is 0.710. The third-order valence-corrected chi connectivity index (χ3v) is 3.53. The standard InChI is InChI=1S/C15H10Cl2N2/c16-11-7-5-10(6-8-11)9-14-12-3-1-2-4-13(12)15(17)19-18-14/h1-8H,9H2. The summed E-state index contributed by atoms with van der Waals surface area (Å²) in [6, 6.07) is 15.6. The molecule has 0 fully saturated rings. The molecule has 0 unspecified atom stereocenters. The number of hydrogen-bond donors (Lipinski definition) is 0. The van der Waals surface area contributed by atoms with Crippen LogP contribution in [0.3, 0.4) is 0 Å². The predicted molar refractivity (Wildman–Crippen MR) is 78.8 cm³/mol. The summed E-state index contributed by atoms with van der Waals surface area (Å²) < 4.78 is 0. The topological polar surface area (TPSA) is 25.8 Å². The van der Waals surface area contributed by atoms with Crippen LogP contribution >= 0.6 is 23.2 Å². The van der Waals surface area contributed by atoms with Gasteiger partial charge < -0.3 is 0 Å². The van der Waals surface area contributed by atoms with Crippen molar-refractivity contribution in [3.05, 3.63) is 70.0 Å². The molecule has 1 heterocycles. The zero-order chi connectivity index (χ0) is 13.2. The zero-order valence-electron chi connectivity index (χ0n) is 9.98. The summed E-state index contributed by atoms with van der Waals surface area (Å²) in [4.78, 5) is 0. The van der Waals surface area contributed by atoms with Gasteiger partial charge in [0.2, 0.25) is 0 Å². The first-order chi connectivity index (χ1) is 9.24.